The average Bonchev–Trinajstić information content (AvgIpc) is 2.46. The monoisotopic (exact) mass is 318 g/mol. The van der Waals surface area contributed by atoms with E-state index in [0.29, 0.717) is 12.2 Å². The number of hydrogen-bond donors (Lipinski definition) is 1. The van der Waals surface area contributed by atoms with Crippen LogP contribution in [0.1, 0.15) is 48.0 Å². The van der Waals surface area contributed by atoms with Gasteiger partial charge in [0.25, 0.3) is 0 Å². The average molecular weight is 318 g/mol. The Hall–Kier alpha value is -1.87. The van der Waals surface area contributed by atoms with E-state index in [1.165, 1.54) is 6.08 Å². The van der Waals surface area contributed by atoms with Crippen LogP contribution >= 0.6 is 0 Å². The van der Waals surface area contributed by atoms with Gasteiger partial charge in [-0.3, -0.25) is 4.79 Å². The lowest BCUT2D eigenvalue weighted by molar-refractivity contribution is -0.142. The Morgan fingerprint density at radius 1 is 1.30 bits per heavy atom. The molecule has 0 spiro atoms. The molecule has 0 aromatic rings. The lowest BCUT2D eigenvalue weighted by atomic mass is 9.95. The second-order valence-corrected chi connectivity index (χ2v) is 6.09. The summed E-state index contributed by atoms with van der Waals surface area (Å²) in [7, 11) is 0. The van der Waals surface area contributed by atoms with Crippen molar-refractivity contribution in [3.05, 3.63) is 59.9 Å². The van der Waals surface area contributed by atoms with Gasteiger partial charge in [0, 0.05) is 0 Å². The van der Waals surface area contributed by atoms with Crippen molar-refractivity contribution in [1.82, 2.24) is 0 Å². The van der Waals surface area contributed by atoms with Crippen LogP contribution in [0.2, 0.25) is 0 Å². The van der Waals surface area contributed by atoms with Gasteiger partial charge in [-0.25, -0.2) is 0 Å². The molecule has 128 valence electrons. The topological polar surface area (TPSA) is 46.5 Å². The van der Waals surface area contributed by atoms with Gasteiger partial charge in [-0.15, -0.1) is 0 Å². The number of ether oxygens (including phenoxy) is 1. The first-order valence-electron chi connectivity index (χ1n) is 7.83. The Labute approximate surface area is 140 Å². The molecule has 0 aromatic heterocycles. The van der Waals surface area contributed by atoms with E-state index in [-0.39, 0.29) is 11.9 Å². The van der Waals surface area contributed by atoms with Crippen molar-refractivity contribution >= 4 is 5.97 Å². The Balaban J connectivity index is 5.29. The summed E-state index contributed by atoms with van der Waals surface area (Å²) in [5.74, 6) is -0.0241. The van der Waals surface area contributed by atoms with Gasteiger partial charge in [-0.05, 0) is 60.1 Å². The van der Waals surface area contributed by atoms with Crippen molar-refractivity contribution in [1.29, 1.82) is 0 Å². The Morgan fingerprint density at radius 2 is 1.91 bits per heavy atom. The molecule has 23 heavy (non-hydrogen) atoms. The van der Waals surface area contributed by atoms with Crippen molar-refractivity contribution in [3.63, 3.8) is 0 Å². The van der Waals surface area contributed by atoms with E-state index in [4.69, 9.17) is 4.74 Å². The first-order valence-corrected chi connectivity index (χ1v) is 7.83. The highest BCUT2D eigenvalue weighted by Gasteiger charge is 2.21. The summed E-state index contributed by atoms with van der Waals surface area (Å²) in [6.07, 6.45) is 11.0. The quantitative estimate of drug-likeness (QED) is 0.301. The van der Waals surface area contributed by atoms with E-state index < -0.39 is 5.60 Å². The zero-order valence-corrected chi connectivity index (χ0v) is 15.2. The van der Waals surface area contributed by atoms with E-state index in [9.17, 15) is 9.90 Å². The Bertz CT molecular complexity index is 527. The molecule has 0 fully saturated rings. The summed E-state index contributed by atoms with van der Waals surface area (Å²) in [6.45, 7) is 14.7. The summed E-state index contributed by atoms with van der Waals surface area (Å²) in [4.78, 5) is 12.4. The molecule has 1 N–H and O–H groups in total. The van der Waals surface area contributed by atoms with Gasteiger partial charge in [0.05, 0.1) is 11.5 Å². The van der Waals surface area contributed by atoms with Gasteiger partial charge in [0.1, 0.15) is 5.76 Å². The van der Waals surface area contributed by atoms with Crippen LogP contribution in [0.4, 0.5) is 0 Å². The van der Waals surface area contributed by atoms with Crippen LogP contribution in [0, 0.1) is 5.92 Å². The third-order valence-corrected chi connectivity index (χ3v) is 3.47. The lowest BCUT2D eigenvalue weighted by Crippen LogP contribution is -2.18. The molecule has 3 heteroatoms. The largest absolute Gasteiger partial charge is 0.431 e. The highest BCUT2D eigenvalue weighted by molar-refractivity contribution is 5.77. The normalized spacial score (nSPS) is 16.7. The van der Waals surface area contributed by atoms with Crippen LogP contribution < -0.4 is 0 Å². The highest BCUT2D eigenvalue weighted by Crippen LogP contribution is 2.20. The molecule has 2 unspecified atom stereocenters. The Morgan fingerprint density at radius 3 is 2.39 bits per heavy atom. The fourth-order valence-corrected chi connectivity index (χ4v) is 1.69. The van der Waals surface area contributed by atoms with Crippen molar-refractivity contribution in [2.45, 2.75) is 53.6 Å². The number of carbonyl (C=O) groups is 1. The highest BCUT2D eigenvalue weighted by atomic mass is 16.5. The zero-order chi connectivity index (χ0) is 18.0. The predicted molar refractivity (Wildman–Crippen MR) is 96.8 cm³/mol. The molecular weight excluding hydrogens is 288 g/mol. The fraction of sp³-hybridized carbons (Fsp3) is 0.450. The minimum atomic E-state index is -1.06. The van der Waals surface area contributed by atoms with Crippen LogP contribution in [0.3, 0.4) is 0 Å². The minimum absolute atomic E-state index is 0.268. The molecule has 0 aliphatic heterocycles. The van der Waals surface area contributed by atoms with E-state index in [2.05, 4.69) is 6.58 Å². The van der Waals surface area contributed by atoms with Gasteiger partial charge < -0.3 is 9.84 Å². The van der Waals surface area contributed by atoms with E-state index in [1.54, 1.807) is 32.1 Å². The maximum absolute atomic E-state index is 12.4. The third kappa shape index (κ3) is 8.99. The zero-order valence-electron chi connectivity index (χ0n) is 15.2. The molecule has 0 rings (SSSR count). The lowest BCUT2D eigenvalue weighted by Gasteiger charge is -2.16. The van der Waals surface area contributed by atoms with E-state index in [1.807, 2.05) is 39.8 Å². The van der Waals surface area contributed by atoms with Crippen LogP contribution in [0.5, 0.6) is 0 Å². The summed E-state index contributed by atoms with van der Waals surface area (Å²) in [5.41, 5.74) is 0.977. The first kappa shape index (κ1) is 21.1. The summed E-state index contributed by atoms with van der Waals surface area (Å²) in [5, 5.41) is 9.87. The molecule has 0 aliphatic rings. The van der Waals surface area contributed by atoms with Crippen LogP contribution in [0.15, 0.2) is 59.9 Å². The summed E-state index contributed by atoms with van der Waals surface area (Å²) >= 11 is 0. The first-order chi connectivity index (χ1) is 10.6. The van der Waals surface area contributed by atoms with E-state index >= 15 is 0 Å². The number of carbonyl (C=O) groups excluding carboxylic acids is 1. The van der Waals surface area contributed by atoms with Crippen molar-refractivity contribution in [2.75, 3.05) is 0 Å². The van der Waals surface area contributed by atoms with Crippen molar-refractivity contribution < 1.29 is 14.6 Å². The molecule has 2 atom stereocenters. The second kappa shape index (κ2) is 10.0. The van der Waals surface area contributed by atoms with Crippen molar-refractivity contribution in [3.8, 4) is 0 Å². The van der Waals surface area contributed by atoms with Crippen LogP contribution in [0.25, 0.3) is 0 Å². The second-order valence-electron chi connectivity index (χ2n) is 6.09. The standard InChI is InChI=1S/C20H30O3/c1-8-17(6)23-19(21)18(13-12-15(3)4)16(5)11-10-14-20(7,22)9-2/h8-12,14,18,22H,2,13H2,1,3-7H3. The molecule has 0 aliphatic carbocycles. The molecule has 0 aromatic carbocycles. The molecular formula is C20H30O3. The molecule has 0 saturated heterocycles. The SMILES string of the molecule is C=CC(C)(O)C=CC=C(C)C(CC=C(C)C)C(=O)OC(C)=CC. The van der Waals surface area contributed by atoms with Crippen molar-refractivity contribution in [2.24, 2.45) is 5.92 Å². The number of aliphatic hydroxyl groups is 1. The van der Waals surface area contributed by atoms with Gasteiger partial charge >= 0.3 is 5.97 Å². The summed E-state index contributed by atoms with van der Waals surface area (Å²) in [6, 6.07) is 0. The molecule has 0 bridgehead atoms. The predicted octanol–water partition coefficient (Wildman–Crippen LogP) is 4.87. The maximum atomic E-state index is 12.4. The third-order valence-electron chi connectivity index (χ3n) is 3.47. The number of rotatable bonds is 8. The molecule has 0 radical (unpaired) electrons. The smallest absolute Gasteiger partial charge is 0.318 e. The number of allylic oxidation sites excluding steroid dienone is 6. The molecule has 3 nitrogen and oxygen atoms in total. The van der Waals surface area contributed by atoms with Gasteiger partial charge in [-0.2, -0.15) is 0 Å². The number of hydrogen-bond acceptors (Lipinski definition) is 3. The van der Waals surface area contributed by atoms with Gasteiger partial charge in [0.15, 0.2) is 0 Å². The Kier molecular flexibility index (Phi) is 9.19. The molecule has 0 amide bonds. The summed E-state index contributed by atoms with van der Waals surface area (Å²) < 4.78 is 5.35. The van der Waals surface area contributed by atoms with Gasteiger partial charge in [0.2, 0.25) is 0 Å². The fourth-order valence-electron chi connectivity index (χ4n) is 1.69. The molecule has 0 saturated carbocycles. The minimum Gasteiger partial charge on any atom is -0.431 e. The van der Waals surface area contributed by atoms with Crippen LogP contribution in [-0.4, -0.2) is 16.7 Å². The van der Waals surface area contributed by atoms with Gasteiger partial charge in [-0.1, -0.05) is 42.0 Å². The maximum Gasteiger partial charge on any atom is 0.318 e. The number of esters is 1. The molecule has 0 heterocycles. The van der Waals surface area contributed by atoms with Crippen LogP contribution in [-0.2, 0) is 9.53 Å². The van der Waals surface area contributed by atoms with E-state index in [0.717, 1.165) is 11.1 Å².